The fourth-order valence-electron chi connectivity index (χ4n) is 3.75. The van der Waals surface area contributed by atoms with E-state index in [1.165, 1.54) is 11.0 Å². The maximum atomic E-state index is 13.2. The largest absolute Gasteiger partial charge is 0.504 e. The highest BCUT2D eigenvalue weighted by Gasteiger charge is 2.45. The summed E-state index contributed by atoms with van der Waals surface area (Å²) < 4.78 is 5.50. The fourth-order valence-corrected chi connectivity index (χ4v) is 3.92. The number of aryl methyl sites for hydroxylation is 1. The van der Waals surface area contributed by atoms with E-state index >= 15 is 0 Å². The summed E-state index contributed by atoms with van der Waals surface area (Å²) >= 11 is 6.19. The Balaban J connectivity index is 2.22. The number of aliphatic hydroxyl groups excluding tert-OH is 1. The third-order valence-electron chi connectivity index (χ3n) is 5.13. The molecule has 2 aromatic rings. The molecule has 6 nitrogen and oxygen atoms in total. The number of ether oxygens (including phenoxy) is 1. The predicted molar refractivity (Wildman–Crippen MR) is 120 cm³/mol. The van der Waals surface area contributed by atoms with Crippen LogP contribution in [0.5, 0.6) is 11.5 Å². The molecule has 0 saturated heterocycles. The second-order valence-corrected chi connectivity index (χ2v) is 8.39. The topological polar surface area (TPSA) is 87.1 Å². The first-order valence-electron chi connectivity index (χ1n) is 10.2. The van der Waals surface area contributed by atoms with Crippen molar-refractivity contribution in [3.8, 4) is 11.5 Å². The number of carbonyl (C=O) groups excluding carboxylic acids is 2. The Kier molecular flexibility index (Phi) is 6.60. The average molecular weight is 444 g/mol. The number of ketones is 1. The van der Waals surface area contributed by atoms with Gasteiger partial charge in [-0.15, -0.1) is 0 Å². The molecule has 0 fully saturated rings. The Morgan fingerprint density at radius 1 is 1.19 bits per heavy atom. The number of phenolic OH excluding ortho intramolecular Hbond substituents is 1. The highest BCUT2D eigenvalue weighted by molar-refractivity contribution is 6.31. The first-order valence-corrected chi connectivity index (χ1v) is 10.5. The number of Topliss-reactive ketones (excluding diaryl/α,β-unsaturated/α-hetero) is 1. The van der Waals surface area contributed by atoms with Crippen molar-refractivity contribution in [3.63, 3.8) is 0 Å². The minimum Gasteiger partial charge on any atom is -0.504 e. The van der Waals surface area contributed by atoms with E-state index in [9.17, 15) is 19.8 Å². The number of amides is 1. The van der Waals surface area contributed by atoms with E-state index < -0.39 is 17.7 Å². The van der Waals surface area contributed by atoms with Crippen LogP contribution in [0.1, 0.15) is 44.4 Å². The Morgan fingerprint density at radius 3 is 2.55 bits per heavy atom. The van der Waals surface area contributed by atoms with Gasteiger partial charge in [-0.1, -0.05) is 37.6 Å². The molecular formula is C24H26ClNO5. The zero-order chi connectivity index (χ0) is 22.9. The van der Waals surface area contributed by atoms with Crippen LogP contribution in [0.2, 0.25) is 5.02 Å². The summed E-state index contributed by atoms with van der Waals surface area (Å²) in [4.78, 5) is 27.7. The van der Waals surface area contributed by atoms with Crippen molar-refractivity contribution in [1.29, 1.82) is 0 Å². The molecule has 31 heavy (non-hydrogen) atoms. The monoisotopic (exact) mass is 443 g/mol. The molecule has 1 heterocycles. The van der Waals surface area contributed by atoms with Gasteiger partial charge in [0, 0.05) is 17.1 Å². The second kappa shape index (κ2) is 9.02. The molecule has 1 aliphatic rings. The van der Waals surface area contributed by atoms with Crippen molar-refractivity contribution in [2.75, 3.05) is 11.5 Å². The van der Waals surface area contributed by atoms with Gasteiger partial charge in [0.2, 0.25) is 0 Å². The van der Waals surface area contributed by atoms with E-state index in [2.05, 4.69) is 0 Å². The van der Waals surface area contributed by atoms with Gasteiger partial charge >= 0.3 is 0 Å². The van der Waals surface area contributed by atoms with E-state index in [1.807, 2.05) is 20.8 Å². The number of hydrogen-bond donors (Lipinski definition) is 2. The molecule has 2 aromatic carbocycles. The van der Waals surface area contributed by atoms with Crippen LogP contribution in [0.15, 0.2) is 47.7 Å². The SMILES string of the molecule is CCOc1cc(C2C(C(=O)CC(C)C)=C(O)C(=O)N2c2cc(Cl)ccc2C)ccc1O. The van der Waals surface area contributed by atoms with Crippen molar-refractivity contribution in [2.24, 2.45) is 5.92 Å². The molecule has 1 unspecified atom stereocenters. The van der Waals surface area contributed by atoms with Crippen LogP contribution in [-0.4, -0.2) is 28.5 Å². The number of aliphatic hydroxyl groups is 1. The summed E-state index contributed by atoms with van der Waals surface area (Å²) in [6.45, 7) is 7.74. The number of carbonyl (C=O) groups is 2. The zero-order valence-corrected chi connectivity index (χ0v) is 18.7. The zero-order valence-electron chi connectivity index (χ0n) is 18.0. The van der Waals surface area contributed by atoms with Gasteiger partial charge in [0.15, 0.2) is 23.0 Å². The number of rotatable bonds is 7. The number of hydrogen-bond acceptors (Lipinski definition) is 5. The van der Waals surface area contributed by atoms with Crippen molar-refractivity contribution in [3.05, 3.63) is 63.9 Å². The molecule has 0 saturated carbocycles. The van der Waals surface area contributed by atoms with Crippen LogP contribution in [0.25, 0.3) is 0 Å². The van der Waals surface area contributed by atoms with E-state index in [1.54, 1.807) is 37.3 Å². The predicted octanol–water partition coefficient (Wildman–Crippen LogP) is 5.27. The number of phenols is 1. The molecule has 0 spiro atoms. The van der Waals surface area contributed by atoms with Crippen LogP contribution in [-0.2, 0) is 9.59 Å². The Labute approximate surface area is 186 Å². The van der Waals surface area contributed by atoms with Crippen LogP contribution in [0.4, 0.5) is 5.69 Å². The first kappa shape index (κ1) is 22.7. The Morgan fingerprint density at radius 2 is 1.90 bits per heavy atom. The third-order valence-corrected chi connectivity index (χ3v) is 5.37. The minimum atomic E-state index is -0.879. The molecule has 0 radical (unpaired) electrons. The molecule has 0 bridgehead atoms. The summed E-state index contributed by atoms with van der Waals surface area (Å²) in [7, 11) is 0. The van der Waals surface area contributed by atoms with Crippen molar-refractivity contribution >= 4 is 29.0 Å². The Hall–Kier alpha value is -2.99. The van der Waals surface area contributed by atoms with Gasteiger partial charge in [-0.2, -0.15) is 0 Å². The van der Waals surface area contributed by atoms with Gasteiger partial charge < -0.3 is 14.9 Å². The van der Waals surface area contributed by atoms with Gasteiger partial charge in [-0.3, -0.25) is 14.5 Å². The van der Waals surface area contributed by atoms with Gasteiger partial charge in [-0.25, -0.2) is 0 Å². The lowest BCUT2D eigenvalue weighted by Gasteiger charge is -2.29. The van der Waals surface area contributed by atoms with Crippen LogP contribution >= 0.6 is 11.6 Å². The molecule has 1 aliphatic heterocycles. The standard InChI is InChI=1S/C24H26ClNO5/c1-5-31-20-11-15(7-9-18(20)27)22-21(19(28)10-13(2)3)23(29)24(30)26(22)17-12-16(25)8-6-14(17)4/h6-9,11-13,22,27,29H,5,10H2,1-4H3. The Bertz CT molecular complexity index is 1060. The number of nitrogens with zero attached hydrogens (tertiary/aromatic N) is 1. The van der Waals surface area contributed by atoms with Crippen molar-refractivity contribution in [1.82, 2.24) is 0 Å². The van der Waals surface area contributed by atoms with Gasteiger partial charge in [-0.05, 0) is 55.2 Å². The highest BCUT2D eigenvalue weighted by atomic mass is 35.5. The first-order chi connectivity index (χ1) is 14.6. The smallest absolute Gasteiger partial charge is 0.294 e. The lowest BCUT2D eigenvalue weighted by Crippen LogP contribution is -2.31. The molecule has 3 rings (SSSR count). The molecule has 1 atom stereocenters. The molecule has 2 N–H and O–H groups in total. The van der Waals surface area contributed by atoms with Gasteiger partial charge in [0.05, 0.1) is 18.2 Å². The summed E-state index contributed by atoms with van der Waals surface area (Å²) in [5.41, 5.74) is 1.82. The summed E-state index contributed by atoms with van der Waals surface area (Å²) in [6.07, 6.45) is 0.182. The lowest BCUT2D eigenvalue weighted by molar-refractivity contribution is -0.118. The summed E-state index contributed by atoms with van der Waals surface area (Å²) in [6, 6.07) is 8.89. The number of halogens is 1. The number of benzene rings is 2. The second-order valence-electron chi connectivity index (χ2n) is 7.95. The van der Waals surface area contributed by atoms with Gasteiger partial charge in [0.1, 0.15) is 0 Å². The molecule has 7 heteroatoms. The number of anilines is 1. The third kappa shape index (κ3) is 4.39. The van der Waals surface area contributed by atoms with E-state index in [4.69, 9.17) is 16.3 Å². The summed E-state index contributed by atoms with van der Waals surface area (Å²) in [5.74, 6) is -1.32. The van der Waals surface area contributed by atoms with Gasteiger partial charge in [0.25, 0.3) is 5.91 Å². The van der Waals surface area contributed by atoms with Crippen LogP contribution in [0, 0.1) is 12.8 Å². The number of aromatic hydroxyl groups is 1. The highest BCUT2D eigenvalue weighted by Crippen LogP contribution is 2.44. The molecule has 0 aliphatic carbocycles. The van der Waals surface area contributed by atoms with E-state index in [0.29, 0.717) is 22.9 Å². The maximum Gasteiger partial charge on any atom is 0.294 e. The fraction of sp³-hybridized carbons (Fsp3) is 0.333. The lowest BCUT2D eigenvalue weighted by atomic mass is 9.91. The maximum absolute atomic E-state index is 13.2. The van der Waals surface area contributed by atoms with Crippen molar-refractivity contribution < 1.29 is 24.5 Å². The average Bonchev–Trinajstić information content (AvgIpc) is 2.96. The molecule has 1 amide bonds. The van der Waals surface area contributed by atoms with Crippen molar-refractivity contribution in [2.45, 2.75) is 40.2 Å². The molecule has 0 aromatic heterocycles. The normalized spacial score (nSPS) is 16.4. The quantitative estimate of drug-likeness (QED) is 0.608. The molecule has 164 valence electrons. The minimum absolute atomic E-state index is 0.0335. The van der Waals surface area contributed by atoms with Crippen LogP contribution < -0.4 is 9.64 Å². The summed E-state index contributed by atoms with van der Waals surface area (Å²) in [5, 5.41) is 21.3. The van der Waals surface area contributed by atoms with E-state index in [0.717, 1.165) is 5.56 Å². The van der Waals surface area contributed by atoms with Crippen LogP contribution in [0.3, 0.4) is 0 Å². The van der Waals surface area contributed by atoms with E-state index in [-0.39, 0.29) is 35.2 Å². The molecular weight excluding hydrogens is 418 g/mol.